The number of benzene rings is 1. The predicted molar refractivity (Wildman–Crippen MR) is 105 cm³/mol. The SMILES string of the molecule is CN(C(=O)c1coc(CN2CCN(Cc3ccccc3)CC2)n1)[C@@H]1CCOC1. The van der Waals surface area contributed by atoms with Gasteiger partial charge in [0.1, 0.15) is 6.26 Å². The Bertz CT molecular complexity index is 765. The van der Waals surface area contributed by atoms with Gasteiger partial charge in [0.2, 0.25) is 5.89 Å². The molecule has 3 heterocycles. The number of rotatable bonds is 6. The number of aromatic nitrogens is 1. The van der Waals surface area contributed by atoms with E-state index in [4.69, 9.17) is 9.15 Å². The zero-order valence-corrected chi connectivity index (χ0v) is 16.4. The molecule has 1 aromatic carbocycles. The van der Waals surface area contributed by atoms with Crippen LogP contribution in [0.2, 0.25) is 0 Å². The van der Waals surface area contributed by atoms with Crippen molar-refractivity contribution < 1.29 is 13.9 Å². The third kappa shape index (κ3) is 4.60. The molecule has 2 aliphatic rings. The van der Waals surface area contributed by atoms with E-state index in [9.17, 15) is 4.79 Å². The summed E-state index contributed by atoms with van der Waals surface area (Å²) in [6.45, 7) is 6.92. The molecule has 0 saturated carbocycles. The molecule has 7 heteroatoms. The summed E-state index contributed by atoms with van der Waals surface area (Å²) in [5.41, 5.74) is 1.73. The van der Waals surface area contributed by atoms with E-state index in [1.807, 2.05) is 7.05 Å². The molecular weight excluding hydrogens is 356 g/mol. The fourth-order valence-corrected chi connectivity index (χ4v) is 3.79. The van der Waals surface area contributed by atoms with Gasteiger partial charge in [0, 0.05) is 46.4 Å². The number of amides is 1. The first-order valence-corrected chi connectivity index (χ1v) is 9.97. The highest BCUT2D eigenvalue weighted by atomic mass is 16.5. The average Bonchev–Trinajstić information content (AvgIpc) is 3.41. The smallest absolute Gasteiger partial charge is 0.275 e. The van der Waals surface area contributed by atoms with Crippen LogP contribution in [0.1, 0.15) is 28.4 Å². The molecule has 1 amide bonds. The van der Waals surface area contributed by atoms with Gasteiger partial charge in [-0.15, -0.1) is 0 Å². The van der Waals surface area contributed by atoms with E-state index in [2.05, 4.69) is 45.1 Å². The van der Waals surface area contributed by atoms with Crippen molar-refractivity contribution in [3.8, 4) is 0 Å². The maximum Gasteiger partial charge on any atom is 0.275 e. The van der Waals surface area contributed by atoms with Crippen LogP contribution in [-0.4, -0.2) is 78.1 Å². The Balaban J connectivity index is 1.26. The summed E-state index contributed by atoms with van der Waals surface area (Å²) in [4.78, 5) is 23.5. The average molecular weight is 384 g/mol. The summed E-state index contributed by atoms with van der Waals surface area (Å²) in [7, 11) is 1.81. The van der Waals surface area contributed by atoms with Crippen LogP contribution in [0.25, 0.3) is 0 Å². The third-order valence-electron chi connectivity index (χ3n) is 5.62. The Kier molecular flexibility index (Phi) is 6.04. The van der Waals surface area contributed by atoms with Crippen molar-refractivity contribution in [1.29, 1.82) is 0 Å². The van der Waals surface area contributed by atoms with E-state index in [0.717, 1.165) is 39.1 Å². The van der Waals surface area contributed by atoms with Gasteiger partial charge < -0.3 is 14.1 Å². The van der Waals surface area contributed by atoms with Crippen molar-refractivity contribution >= 4 is 5.91 Å². The minimum absolute atomic E-state index is 0.0989. The van der Waals surface area contributed by atoms with Crippen molar-refractivity contribution in [3.05, 3.63) is 53.7 Å². The van der Waals surface area contributed by atoms with Crippen LogP contribution < -0.4 is 0 Å². The predicted octanol–water partition coefficient (Wildman–Crippen LogP) is 1.85. The molecule has 150 valence electrons. The molecule has 4 rings (SSSR count). The van der Waals surface area contributed by atoms with Crippen molar-refractivity contribution in [2.45, 2.75) is 25.6 Å². The van der Waals surface area contributed by atoms with E-state index in [0.29, 0.717) is 31.3 Å². The lowest BCUT2D eigenvalue weighted by atomic mass is 10.2. The molecule has 2 aromatic rings. The number of oxazole rings is 1. The Morgan fingerprint density at radius 2 is 1.86 bits per heavy atom. The number of carbonyl (C=O) groups excluding carboxylic acids is 1. The highest BCUT2D eigenvalue weighted by Crippen LogP contribution is 2.16. The lowest BCUT2D eigenvalue weighted by Crippen LogP contribution is -2.45. The molecule has 0 radical (unpaired) electrons. The number of hydrogen-bond donors (Lipinski definition) is 0. The molecule has 2 saturated heterocycles. The largest absolute Gasteiger partial charge is 0.447 e. The van der Waals surface area contributed by atoms with Crippen molar-refractivity contribution in [3.63, 3.8) is 0 Å². The number of ether oxygens (including phenoxy) is 1. The van der Waals surface area contributed by atoms with Crippen molar-refractivity contribution in [1.82, 2.24) is 19.7 Å². The van der Waals surface area contributed by atoms with Crippen LogP contribution in [0, 0.1) is 0 Å². The molecule has 0 N–H and O–H groups in total. The zero-order chi connectivity index (χ0) is 19.3. The molecule has 0 bridgehead atoms. The lowest BCUT2D eigenvalue weighted by molar-refractivity contribution is 0.0705. The highest BCUT2D eigenvalue weighted by Gasteiger charge is 2.27. The van der Waals surface area contributed by atoms with Crippen LogP contribution in [0.4, 0.5) is 0 Å². The molecule has 2 aliphatic heterocycles. The first-order valence-electron chi connectivity index (χ1n) is 9.97. The van der Waals surface area contributed by atoms with E-state index in [1.165, 1.54) is 11.8 Å². The maximum atomic E-state index is 12.6. The Labute approximate surface area is 165 Å². The topological polar surface area (TPSA) is 62.1 Å². The quantitative estimate of drug-likeness (QED) is 0.758. The maximum absolute atomic E-state index is 12.6. The summed E-state index contributed by atoms with van der Waals surface area (Å²) < 4.78 is 10.9. The molecule has 1 aromatic heterocycles. The van der Waals surface area contributed by atoms with Crippen LogP contribution >= 0.6 is 0 Å². The molecule has 0 spiro atoms. The number of carbonyl (C=O) groups is 1. The molecule has 28 heavy (non-hydrogen) atoms. The number of nitrogens with zero attached hydrogens (tertiary/aromatic N) is 4. The van der Waals surface area contributed by atoms with Crippen LogP contribution in [-0.2, 0) is 17.8 Å². The minimum atomic E-state index is -0.0989. The Hall–Kier alpha value is -2.22. The number of likely N-dealkylation sites (N-methyl/N-ethyl adjacent to an activating group) is 1. The molecule has 7 nitrogen and oxygen atoms in total. The van der Waals surface area contributed by atoms with Gasteiger partial charge >= 0.3 is 0 Å². The normalized spacial score (nSPS) is 21.1. The second-order valence-corrected chi connectivity index (χ2v) is 7.60. The van der Waals surface area contributed by atoms with E-state index < -0.39 is 0 Å². The summed E-state index contributed by atoms with van der Waals surface area (Å²) in [5, 5.41) is 0. The van der Waals surface area contributed by atoms with E-state index in [-0.39, 0.29) is 11.9 Å². The Morgan fingerprint density at radius 1 is 1.14 bits per heavy atom. The second kappa shape index (κ2) is 8.86. The van der Waals surface area contributed by atoms with Crippen molar-refractivity contribution in [2.24, 2.45) is 0 Å². The van der Waals surface area contributed by atoms with Gasteiger partial charge in [-0.05, 0) is 12.0 Å². The van der Waals surface area contributed by atoms with Crippen LogP contribution in [0.15, 0.2) is 41.0 Å². The van der Waals surface area contributed by atoms with Gasteiger partial charge in [-0.2, -0.15) is 0 Å². The van der Waals surface area contributed by atoms with Gasteiger partial charge in [0.05, 0.1) is 19.2 Å². The summed E-state index contributed by atoms with van der Waals surface area (Å²) in [5.74, 6) is 0.508. The van der Waals surface area contributed by atoms with Gasteiger partial charge in [0.15, 0.2) is 5.69 Å². The lowest BCUT2D eigenvalue weighted by Gasteiger charge is -2.34. The standard InChI is InChI=1S/C21H28N4O3/c1-23(18-7-12-27-15-18)21(26)19-16-28-20(22-19)14-25-10-8-24(9-11-25)13-17-5-3-2-4-6-17/h2-6,16,18H,7-15H2,1H3/t18-/m1/s1. The fraction of sp³-hybridized carbons (Fsp3) is 0.524. The second-order valence-electron chi connectivity index (χ2n) is 7.60. The first-order chi connectivity index (χ1) is 13.7. The fourth-order valence-electron chi connectivity index (χ4n) is 3.79. The molecule has 1 atom stereocenters. The zero-order valence-electron chi connectivity index (χ0n) is 16.4. The minimum Gasteiger partial charge on any atom is -0.447 e. The molecule has 2 fully saturated rings. The highest BCUT2D eigenvalue weighted by molar-refractivity contribution is 5.92. The van der Waals surface area contributed by atoms with Gasteiger partial charge in [0.25, 0.3) is 5.91 Å². The van der Waals surface area contributed by atoms with Crippen LogP contribution in [0.3, 0.4) is 0 Å². The van der Waals surface area contributed by atoms with Gasteiger partial charge in [-0.3, -0.25) is 14.6 Å². The van der Waals surface area contributed by atoms with E-state index in [1.54, 1.807) is 4.90 Å². The number of hydrogen-bond acceptors (Lipinski definition) is 6. The van der Waals surface area contributed by atoms with Gasteiger partial charge in [-0.25, -0.2) is 4.98 Å². The van der Waals surface area contributed by atoms with Crippen LogP contribution in [0.5, 0.6) is 0 Å². The first kappa shape index (κ1) is 19.1. The summed E-state index contributed by atoms with van der Waals surface area (Å²) in [6.07, 6.45) is 2.36. The van der Waals surface area contributed by atoms with E-state index >= 15 is 0 Å². The summed E-state index contributed by atoms with van der Waals surface area (Å²) >= 11 is 0. The molecule has 0 unspecified atom stereocenters. The number of piperazine rings is 1. The molecular formula is C21H28N4O3. The van der Waals surface area contributed by atoms with Crippen molar-refractivity contribution in [2.75, 3.05) is 46.4 Å². The Morgan fingerprint density at radius 3 is 2.54 bits per heavy atom. The van der Waals surface area contributed by atoms with Gasteiger partial charge in [-0.1, -0.05) is 30.3 Å². The summed E-state index contributed by atoms with van der Waals surface area (Å²) in [6, 6.07) is 10.7. The monoisotopic (exact) mass is 384 g/mol. The molecule has 0 aliphatic carbocycles. The third-order valence-corrected chi connectivity index (χ3v) is 5.62.